The van der Waals surface area contributed by atoms with Gasteiger partial charge in [0.05, 0.1) is 5.02 Å². The van der Waals surface area contributed by atoms with Gasteiger partial charge in [-0.3, -0.25) is 0 Å². The third-order valence-electron chi connectivity index (χ3n) is 8.60. The van der Waals surface area contributed by atoms with E-state index in [-0.39, 0.29) is 0 Å². The number of urea groups is 1. The number of carbonyl (C=O) groups is 1. The Morgan fingerprint density at radius 1 is 1.10 bits per heavy atom. The Morgan fingerprint density at radius 2 is 1.88 bits per heavy atom. The quantitative estimate of drug-likeness (QED) is 0.504. The maximum atomic E-state index is 11.7. The normalized spacial score (nSPS) is 19.5. The molecule has 2 fully saturated rings. The lowest BCUT2D eigenvalue weighted by atomic mass is 9.94. The summed E-state index contributed by atoms with van der Waals surface area (Å²) in [5.74, 6) is 1.25. The second kappa shape index (κ2) is 11.0. The molecule has 2 saturated heterocycles. The largest absolute Gasteiger partial charge is 0.475 e. The van der Waals surface area contributed by atoms with Crippen LogP contribution in [0.5, 0.6) is 5.88 Å². The van der Waals surface area contributed by atoms with Crippen molar-refractivity contribution in [3.8, 4) is 11.9 Å². The second-order valence-electron chi connectivity index (χ2n) is 10.9. The van der Waals surface area contributed by atoms with Gasteiger partial charge in [-0.25, -0.2) is 4.79 Å². The van der Waals surface area contributed by atoms with Gasteiger partial charge in [0.25, 0.3) is 0 Å². The van der Waals surface area contributed by atoms with Crippen LogP contribution < -0.4 is 20.3 Å². The number of primary amides is 1. The van der Waals surface area contributed by atoms with E-state index in [1.54, 1.807) is 4.90 Å². The molecule has 4 heterocycles. The summed E-state index contributed by atoms with van der Waals surface area (Å²) in [5.41, 5.74) is 9.13. The molecule has 3 aromatic rings. The lowest BCUT2D eigenvalue weighted by molar-refractivity contribution is 0.192. The number of nitrogens with zero attached hydrogens (tertiary/aromatic N) is 6. The lowest BCUT2D eigenvalue weighted by Crippen LogP contribution is -2.51. The van der Waals surface area contributed by atoms with Crippen LogP contribution in [-0.2, 0) is 13.0 Å². The van der Waals surface area contributed by atoms with Crippen molar-refractivity contribution >= 4 is 39.9 Å². The zero-order valence-electron chi connectivity index (χ0n) is 22.8. The SMILES string of the molecule is CN1CCC[C@H]1COc1nc(N2CCN(C(N)=O)CC2)c2c(c1C#N)CN(c1cccc3cccc(Cl)c13)CC2. The number of hydrogen-bond acceptors (Lipinski definition) is 7. The van der Waals surface area contributed by atoms with E-state index in [0.717, 1.165) is 65.8 Å². The average Bonchev–Trinajstić information content (AvgIpc) is 3.39. The first kappa shape index (κ1) is 26.5. The van der Waals surface area contributed by atoms with Crippen LogP contribution in [0.25, 0.3) is 10.8 Å². The number of likely N-dealkylation sites (N-methyl/N-ethyl adjacent to an activating group) is 1. The van der Waals surface area contributed by atoms with Crippen LogP contribution >= 0.6 is 11.6 Å². The third-order valence-corrected chi connectivity index (χ3v) is 8.91. The number of rotatable bonds is 5. The summed E-state index contributed by atoms with van der Waals surface area (Å²) in [6, 6.07) is 14.5. The maximum Gasteiger partial charge on any atom is 0.314 e. The highest BCUT2D eigenvalue weighted by Crippen LogP contribution is 2.39. The number of benzene rings is 2. The summed E-state index contributed by atoms with van der Waals surface area (Å²) in [5, 5.41) is 13.2. The fourth-order valence-corrected chi connectivity index (χ4v) is 6.60. The molecular formula is C30H34ClN7O2. The van der Waals surface area contributed by atoms with Crippen LogP contribution in [0.2, 0.25) is 5.02 Å². The minimum absolute atomic E-state index is 0.307. The summed E-state index contributed by atoms with van der Waals surface area (Å²) >= 11 is 6.68. The summed E-state index contributed by atoms with van der Waals surface area (Å²) in [6.45, 7) is 5.20. The minimum Gasteiger partial charge on any atom is -0.475 e. The smallest absolute Gasteiger partial charge is 0.314 e. The molecule has 10 heteroatoms. The number of halogens is 1. The Hall–Kier alpha value is -3.74. The van der Waals surface area contributed by atoms with Gasteiger partial charge in [0.15, 0.2) is 0 Å². The molecule has 2 N–H and O–H groups in total. The summed E-state index contributed by atoms with van der Waals surface area (Å²) in [7, 11) is 2.11. The zero-order valence-corrected chi connectivity index (χ0v) is 23.5. The predicted octanol–water partition coefficient (Wildman–Crippen LogP) is 4.00. The van der Waals surface area contributed by atoms with Crippen LogP contribution in [0.15, 0.2) is 36.4 Å². The monoisotopic (exact) mass is 559 g/mol. The fourth-order valence-electron chi connectivity index (χ4n) is 6.32. The summed E-state index contributed by atoms with van der Waals surface area (Å²) in [4.78, 5) is 25.2. The molecule has 2 aromatic carbocycles. The van der Waals surface area contributed by atoms with E-state index < -0.39 is 6.03 Å². The van der Waals surface area contributed by atoms with E-state index in [4.69, 9.17) is 27.1 Å². The van der Waals surface area contributed by atoms with Gasteiger partial charge >= 0.3 is 6.03 Å². The van der Waals surface area contributed by atoms with Crippen LogP contribution in [0.1, 0.15) is 29.5 Å². The van der Waals surface area contributed by atoms with E-state index >= 15 is 0 Å². The average molecular weight is 560 g/mol. The lowest BCUT2D eigenvalue weighted by Gasteiger charge is -2.38. The van der Waals surface area contributed by atoms with Crippen LogP contribution in [0.3, 0.4) is 0 Å². The Labute approximate surface area is 239 Å². The first-order valence-electron chi connectivity index (χ1n) is 13.9. The van der Waals surface area contributed by atoms with Gasteiger partial charge in [-0.15, -0.1) is 0 Å². The van der Waals surface area contributed by atoms with Crippen molar-refractivity contribution in [1.29, 1.82) is 5.26 Å². The number of pyridine rings is 1. The van der Waals surface area contributed by atoms with Gasteiger partial charge in [-0.05, 0) is 50.4 Å². The van der Waals surface area contributed by atoms with Crippen molar-refractivity contribution in [3.63, 3.8) is 0 Å². The van der Waals surface area contributed by atoms with Crippen molar-refractivity contribution in [2.75, 3.05) is 62.7 Å². The third kappa shape index (κ3) is 4.87. The number of likely N-dealkylation sites (tertiary alicyclic amines) is 1. The van der Waals surface area contributed by atoms with Gasteiger partial charge in [-0.1, -0.05) is 35.9 Å². The van der Waals surface area contributed by atoms with Gasteiger partial charge in [0, 0.05) is 67.5 Å². The molecule has 9 nitrogen and oxygen atoms in total. The van der Waals surface area contributed by atoms with E-state index in [0.29, 0.717) is 61.8 Å². The highest BCUT2D eigenvalue weighted by molar-refractivity contribution is 6.36. The number of carbonyl (C=O) groups excluding carboxylic acids is 1. The molecule has 1 aromatic heterocycles. The van der Waals surface area contributed by atoms with Crippen molar-refractivity contribution < 1.29 is 9.53 Å². The van der Waals surface area contributed by atoms with E-state index in [1.807, 2.05) is 12.1 Å². The summed E-state index contributed by atoms with van der Waals surface area (Å²) < 4.78 is 6.34. The summed E-state index contributed by atoms with van der Waals surface area (Å²) in [6.07, 6.45) is 2.95. The van der Waals surface area contributed by atoms with E-state index in [1.165, 1.54) is 0 Å². The predicted molar refractivity (Wildman–Crippen MR) is 157 cm³/mol. The number of ether oxygens (including phenoxy) is 1. The fraction of sp³-hybridized carbons (Fsp3) is 0.433. The standard InChI is InChI=1S/C30H34ClN7O2/c1-35-11-4-7-21(35)19-40-29-23(17-32)24-18-38(26-9-3-6-20-5-2-8-25(31)27(20)26)12-10-22(24)28(34-29)36-13-15-37(16-14-36)30(33)39/h2-3,5-6,8-9,21H,4,7,10-16,18-19H2,1H3,(H2,33,39)/t21-/m0/s1. The van der Waals surface area contributed by atoms with E-state index in [9.17, 15) is 10.1 Å². The van der Waals surface area contributed by atoms with Crippen LogP contribution in [0.4, 0.5) is 16.3 Å². The van der Waals surface area contributed by atoms with Crippen molar-refractivity contribution in [3.05, 3.63) is 58.1 Å². The van der Waals surface area contributed by atoms with Crippen molar-refractivity contribution in [2.45, 2.75) is 31.8 Å². The molecule has 1 atom stereocenters. The maximum absolute atomic E-state index is 11.7. The van der Waals surface area contributed by atoms with Crippen LogP contribution in [-0.4, -0.2) is 79.8 Å². The second-order valence-corrected chi connectivity index (χ2v) is 11.3. The number of aromatic nitrogens is 1. The Morgan fingerprint density at radius 3 is 2.58 bits per heavy atom. The molecule has 0 saturated carbocycles. The number of piperazine rings is 1. The topological polar surface area (TPSA) is 102 Å². The Bertz CT molecular complexity index is 1480. The van der Waals surface area contributed by atoms with Crippen molar-refractivity contribution in [2.24, 2.45) is 5.73 Å². The number of hydrogen-bond donors (Lipinski definition) is 1. The highest BCUT2D eigenvalue weighted by Gasteiger charge is 2.32. The molecule has 6 rings (SSSR count). The molecule has 0 radical (unpaired) electrons. The highest BCUT2D eigenvalue weighted by atomic mass is 35.5. The number of nitriles is 1. The number of amides is 2. The van der Waals surface area contributed by atoms with Crippen LogP contribution in [0, 0.1) is 11.3 Å². The molecule has 208 valence electrons. The molecule has 3 aliphatic heterocycles. The Balaban J connectivity index is 1.39. The first-order valence-corrected chi connectivity index (χ1v) is 14.3. The van der Waals surface area contributed by atoms with Gasteiger partial charge in [0.2, 0.25) is 5.88 Å². The zero-order chi connectivity index (χ0) is 27.8. The van der Waals surface area contributed by atoms with Gasteiger partial charge in [-0.2, -0.15) is 10.2 Å². The molecule has 0 unspecified atom stereocenters. The molecule has 0 bridgehead atoms. The molecule has 40 heavy (non-hydrogen) atoms. The number of anilines is 2. The molecule has 0 spiro atoms. The molecule has 3 aliphatic rings. The molecule has 2 amide bonds. The van der Waals surface area contributed by atoms with Crippen molar-refractivity contribution in [1.82, 2.24) is 14.8 Å². The van der Waals surface area contributed by atoms with Gasteiger partial charge in [0.1, 0.15) is 24.1 Å². The van der Waals surface area contributed by atoms with Gasteiger partial charge < -0.3 is 30.1 Å². The van der Waals surface area contributed by atoms with E-state index in [2.05, 4.69) is 52.1 Å². The molecule has 0 aliphatic carbocycles. The molecular weight excluding hydrogens is 526 g/mol. The Kier molecular flexibility index (Phi) is 7.30. The number of nitrogens with two attached hydrogens (primary N) is 1. The minimum atomic E-state index is -0.399. The number of fused-ring (bicyclic) bond motifs is 2. The first-order chi connectivity index (χ1) is 19.4.